The molecule has 9 heteroatoms. The number of hydrogen-bond acceptors (Lipinski definition) is 8. The third-order valence-corrected chi connectivity index (χ3v) is 10.9. The fourth-order valence-electron chi connectivity index (χ4n) is 7.79. The van der Waals surface area contributed by atoms with Crippen molar-refractivity contribution in [2.24, 2.45) is 5.92 Å². The molecule has 2 heterocycles. The number of benzene rings is 2. The van der Waals surface area contributed by atoms with Crippen LogP contribution < -0.4 is 4.90 Å². The van der Waals surface area contributed by atoms with Gasteiger partial charge in [-0.25, -0.2) is 4.79 Å². The molecule has 1 N–H and O–H groups in total. The molecular formula is C39H55N3O6. The Labute approximate surface area is 286 Å². The lowest BCUT2D eigenvalue weighted by Crippen LogP contribution is -2.62. The van der Waals surface area contributed by atoms with Gasteiger partial charge in [-0.2, -0.15) is 0 Å². The zero-order valence-electron chi connectivity index (χ0n) is 30.0. The van der Waals surface area contributed by atoms with Crippen LogP contribution in [0.2, 0.25) is 0 Å². The van der Waals surface area contributed by atoms with Crippen LogP contribution in [0.4, 0.5) is 5.69 Å². The fourth-order valence-corrected chi connectivity index (χ4v) is 7.79. The summed E-state index contributed by atoms with van der Waals surface area (Å²) in [5.41, 5.74) is 4.08. The van der Waals surface area contributed by atoms with Gasteiger partial charge in [0.05, 0.1) is 20.6 Å². The molecule has 2 aromatic rings. The van der Waals surface area contributed by atoms with Gasteiger partial charge in [0.25, 0.3) is 0 Å². The van der Waals surface area contributed by atoms with E-state index in [0.29, 0.717) is 68.7 Å². The van der Waals surface area contributed by atoms with Crippen LogP contribution in [0, 0.1) is 5.92 Å². The van der Waals surface area contributed by atoms with Crippen molar-refractivity contribution in [2.75, 3.05) is 51.8 Å². The average molecular weight is 662 g/mol. The first kappa shape index (κ1) is 37.1. The van der Waals surface area contributed by atoms with Crippen molar-refractivity contribution in [2.45, 2.75) is 90.1 Å². The number of rotatable bonds is 9. The largest absolute Gasteiger partial charge is 0.508 e. The lowest BCUT2D eigenvalue weighted by molar-refractivity contribution is -0.151. The van der Waals surface area contributed by atoms with Crippen LogP contribution in [0.1, 0.15) is 77.8 Å². The van der Waals surface area contributed by atoms with Gasteiger partial charge in [0.2, 0.25) is 5.91 Å². The first-order valence-corrected chi connectivity index (χ1v) is 17.4. The minimum atomic E-state index is -1.04. The predicted octanol–water partition coefficient (Wildman–Crippen LogP) is 5.88. The van der Waals surface area contributed by atoms with Crippen LogP contribution in [-0.2, 0) is 35.7 Å². The Bertz CT molecular complexity index is 1450. The topological polar surface area (TPSA) is 99.6 Å². The maximum absolute atomic E-state index is 12.8. The standard InChI is InChI=1S/C20H28N2O5.C19H27NO/c1-4-17(23)22(16-8-6-5-7-9-16)20(19(25)27-3)11-14-21(15-12-20)13-10-18(24)26-2;1-13(2)7-9-20-10-8-19(4)14(3)18(20)11-15-5-6-16(21)12-17(15)19/h5-9H,4,10-15H2,1-3H3;5-7,12,14,18,21H,8-11H2,1-4H3/t;14-,18+,19+/m.0/s1. The summed E-state index contributed by atoms with van der Waals surface area (Å²) >= 11 is 0. The van der Waals surface area contributed by atoms with Crippen LogP contribution >= 0.6 is 0 Å². The number of fused-ring (bicyclic) bond motifs is 4. The van der Waals surface area contributed by atoms with E-state index in [1.807, 2.05) is 42.5 Å². The highest BCUT2D eigenvalue weighted by Gasteiger charge is 2.50. The molecule has 9 nitrogen and oxygen atoms in total. The molecule has 0 spiro atoms. The van der Waals surface area contributed by atoms with Crippen LogP contribution in [0.3, 0.4) is 0 Å². The highest BCUT2D eigenvalue weighted by molar-refractivity contribution is 6.02. The zero-order valence-corrected chi connectivity index (χ0v) is 30.0. The number of ether oxygens (including phenoxy) is 2. The molecule has 0 radical (unpaired) electrons. The maximum Gasteiger partial charge on any atom is 0.332 e. The summed E-state index contributed by atoms with van der Waals surface area (Å²) in [5, 5.41) is 9.87. The van der Waals surface area contributed by atoms with Gasteiger partial charge in [0.15, 0.2) is 0 Å². The van der Waals surface area contributed by atoms with E-state index in [0.717, 1.165) is 19.5 Å². The van der Waals surface area contributed by atoms with Crippen LogP contribution in [-0.4, -0.2) is 91.3 Å². The number of esters is 2. The molecule has 1 aliphatic carbocycles. The number of aromatic hydroxyl groups is 1. The van der Waals surface area contributed by atoms with E-state index < -0.39 is 11.5 Å². The molecule has 0 aromatic heterocycles. The second-order valence-electron chi connectivity index (χ2n) is 14.0. The lowest BCUT2D eigenvalue weighted by Gasteiger charge is -2.54. The number of para-hydroxylation sites is 1. The number of nitrogens with zero attached hydrogens (tertiary/aromatic N) is 3. The number of hydrogen-bond donors (Lipinski definition) is 1. The normalized spacial score (nSPS) is 23.1. The number of methoxy groups -OCH3 is 2. The Morgan fingerprint density at radius 2 is 1.69 bits per heavy atom. The second-order valence-corrected chi connectivity index (χ2v) is 14.0. The molecule has 1 amide bonds. The van der Waals surface area contributed by atoms with E-state index in [9.17, 15) is 19.5 Å². The van der Waals surface area contributed by atoms with Gasteiger partial charge in [-0.1, -0.05) is 56.7 Å². The highest BCUT2D eigenvalue weighted by Crippen LogP contribution is 2.49. The molecule has 48 heavy (non-hydrogen) atoms. The summed E-state index contributed by atoms with van der Waals surface area (Å²) in [6.45, 7) is 14.9. The minimum Gasteiger partial charge on any atom is -0.508 e. The van der Waals surface area contributed by atoms with Crippen molar-refractivity contribution in [3.8, 4) is 5.75 Å². The fraction of sp³-hybridized carbons (Fsp3) is 0.564. The molecule has 3 atom stereocenters. The summed E-state index contributed by atoms with van der Waals surface area (Å²) in [6.07, 6.45) is 6.13. The SMILES string of the molecule is CC(C)=CCN1CC[C@@]2(C)c3cc(O)ccc3C[C@@H]1[C@@H]2C.CCC(=O)N(c1ccccc1)C1(C(=O)OC)CCN(CCC(=O)OC)CC1. The Kier molecular flexibility index (Phi) is 12.5. The van der Waals surface area contributed by atoms with E-state index in [1.165, 1.54) is 37.3 Å². The first-order valence-electron chi connectivity index (χ1n) is 17.4. The molecular weight excluding hydrogens is 606 g/mol. The van der Waals surface area contributed by atoms with E-state index in [2.05, 4.69) is 54.4 Å². The summed E-state index contributed by atoms with van der Waals surface area (Å²) in [5.74, 6) is 0.265. The van der Waals surface area contributed by atoms with E-state index >= 15 is 0 Å². The number of likely N-dealkylation sites (tertiary alicyclic amines) is 2. The van der Waals surface area contributed by atoms with Crippen LogP contribution in [0.5, 0.6) is 5.75 Å². The molecule has 2 aliphatic heterocycles. The van der Waals surface area contributed by atoms with Crippen molar-refractivity contribution in [3.05, 3.63) is 71.3 Å². The number of allylic oxidation sites excluding steroid dienone is 1. The van der Waals surface area contributed by atoms with Crippen molar-refractivity contribution in [1.29, 1.82) is 0 Å². The number of anilines is 1. The molecule has 5 rings (SSSR count). The van der Waals surface area contributed by atoms with E-state index in [-0.39, 0.29) is 17.3 Å². The van der Waals surface area contributed by atoms with Crippen molar-refractivity contribution in [3.63, 3.8) is 0 Å². The Hall–Kier alpha value is -3.69. The number of carbonyl (C=O) groups excluding carboxylic acids is 3. The third-order valence-electron chi connectivity index (χ3n) is 10.9. The molecule has 2 saturated heterocycles. The smallest absolute Gasteiger partial charge is 0.332 e. The predicted molar refractivity (Wildman–Crippen MR) is 189 cm³/mol. The van der Waals surface area contributed by atoms with Crippen LogP contribution in [0.15, 0.2) is 60.2 Å². The molecule has 262 valence electrons. The third kappa shape index (κ3) is 7.95. The zero-order chi connectivity index (χ0) is 35.1. The van der Waals surface area contributed by atoms with Gasteiger partial charge >= 0.3 is 11.9 Å². The molecule has 2 fully saturated rings. The van der Waals surface area contributed by atoms with Gasteiger partial charge in [0.1, 0.15) is 11.3 Å². The summed E-state index contributed by atoms with van der Waals surface area (Å²) in [7, 11) is 2.72. The monoisotopic (exact) mass is 661 g/mol. The lowest BCUT2D eigenvalue weighted by atomic mass is 9.59. The number of carbonyl (C=O) groups is 3. The van der Waals surface area contributed by atoms with E-state index in [4.69, 9.17) is 4.74 Å². The number of amides is 1. The van der Waals surface area contributed by atoms with Gasteiger partial charge in [0, 0.05) is 44.3 Å². The van der Waals surface area contributed by atoms with Gasteiger partial charge in [-0.05, 0) is 92.8 Å². The van der Waals surface area contributed by atoms with Crippen molar-refractivity contribution < 1.29 is 29.0 Å². The van der Waals surface area contributed by atoms with Gasteiger partial charge in [-0.3, -0.25) is 19.4 Å². The number of phenolic OH excluding ortho intramolecular Hbond substituents is 1. The quantitative estimate of drug-likeness (QED) is 0.263. The number of piperidine rings is 2. The Morgan fingerprint density at radius 3 is 2.29 bits per heavy atom. The summed E-state index contributed by atoms with van der Waals surface area (Å²) in [4.78, 5) is 43.4. The van der Waals surface area contributed by atoms with Gasteiger partial charge < -0.3 is 19.5 Å². The summed E-state index contributed by atoms with van der Waals surface area (Å²) < 4.78 is 9.80. The minimum absolute atomic E-state index is 0.116. The Morgan fingerprint density at radius 1 is 1.00 bits per heavy atom. The van der Waals surface area contributed by atoms with Crippen molar-refractivity contribution >= 4 is 23.5 Å². The molecule has 3 aliphatic rings. The van der Waals surface area contributed by atoms with Crippen molar-refractivity contribution in [1.82, 2.24) is 9.80 Å². The molecule has 2 bridgehead atoms. The molecule has 0 unspecified atom stereocenters. The maximum atomic E-state index is 12.8. The highest BCUT2D eigenvalue weighted by atomic mass is 16.5. The Balaban J connectivity index is 0.000000223. The molecule has 0 saturated carbocycles. The van der Waals surface area contributed by atoms with E-state index in [1.54, 1.807) is 11.8 Å². The van der Waals surface area contributed by atoms with Gasteiger partial charge in [-0.15, -0.1) is 0 Å². The number of phenols is 1. The molecule has 2 aromatic carbocycles. The average Bonchev–Trinajstić information content (AvgIpc) is 3.09. The second kappa shape index (κ2) is 16.1. The van der Waals surface area contributed by atoms with Crippen LogP contribution in [0.25, 0.3) is 0 Å². The first-order chi connectivity index (χ1) is 22.9. The summed E-state index contributed by atoms with van der Waals surface area (Å²) in [6, 6.07) is 15.8.